The fraction of sp³-hybridized carbons (Fsp3) is 0.867. The van der Waals surface area contributed by atoms with Crippen molar-refractivity contribution in [2.45, 2.75) is 65.7 Å². The van der Waals surface area contributed by atoms with Crippen molar-refractivity contribution in [1.29, 1.82) is 0 Å². The Morgan fingerprint density at radius 1 is 1.05 bits per heavy atom. The van der Waals surface area contributed by atoms with Crippen molar-refractivity contribution < 1.29 is 19.8 Å². The van der Waals surface area contributed by atoms with Crippen LogP contribution in [0.25, 0.3) is 0 Å². The molecule has 1 aliphatic rings. The molecule has 0 bridgehead atoms. The first-order chi connectivity index (χ1) is 8.86. The first-order valence-corrected chi connectivity index (χ1v) is 7.33. The SMILES string of the molecule is CCCC1(C(=O)O)CCC(C)CC1(CCC)C(=O)O. The average Bonchev–Trinajstić information content (AvgIpc) is 2.32. The lowest BCUT2D eigenvalue weighted by Crippen LogP contribution is -2.55. The summed E-state index contributed by atoms with van der Waals surface area (Å²) in [5.74, 6) is -1.55. The maximum Gasteiger partial charge on any atom is 0.310 e. The van der Waals surface area contributed by atoms with Crippen molar-refractivity contribution in [2.75, 3.05) is 0 Å². The second kappa shape index (κ2) is 5.93. The van der Waals surface area contributed by atoms with Crippen LogP contribution in [-0.4, -0.2) is 22.2 Å². The Bertz CT molecular complexity index is 352. The van der Waals surface area contributed by atoms with Crippen molar-refractivity contribution in [3.8, 4) is 0 Å². The molecule has 0 saturated heterocycles. The molecule has 0 aromatic rings. The molecule has 0 amide bonds. The maximum absolute atomic E-state index is 11.9. The van der Waals surface area contributed by atoms with Crippen LogP contribution in [0.15, 0.2) is 0 Å². The van der Waals surface area contributed by atoms with Gasteiger partial charge >= 0.3 is 11.9 Å². The summed E-state index contributed by atoms with van der Waals surface area (Å²) in [6.07, 6.45) is 4.12. The molecule has 110 valence electrons. The lowest BCUT2D eigenvalue weighted by atomic mass is 9.51. The van der Waals surface area contributed by atoms with Gasteiger partial charge in [-0.15, -0.1) is 0 Å². The van der Waals surface area contributed by atoms with Crippen molar-refractivity contribution in [1.82, 2.24) is 0 Å². The van der Waals surface area contributed by atoms with Crippen LogP contribution < -0.4 is 0 Å². The van der Waals surface area contributed by atoms with Crippen molar-refractivity contribution >= 4 is 11.9 Å². The summed E-state index contributed by atoms with van der Waals surface area (Å²) < 4.78 is 0. The van der Waals surface area contributed by atoms with Crippen LogP contribution in [0.5, 0.6) is 0 Å². The Labute approximate surface area is 115 Å². The van der Waals surface area contributed by atoms with Gasteiger partial charge in [0, 0.05) is 0 Å². The minimum absolute atomic E-state index is 0.284. The molecule has 19 heavy (non-hydrogen) atoms. The summed E-state index contributed by atoms with van der Waals surface area (Å²) in [4.78, 5) is 23.8. The van der Waals surface area contributed by atoms with Crippen LogP contribution in [0.2, 0.25) is 0 Å². The minimum atomic E-state index is -1.10. The fourth-order valence-corrected chi connectivity index (χ4v) is 4.00. The molecule has 0 spiro atoms. The van der Waals surface area contributed by atoms with Gasteiger partial charge in [0.25, 0.3) is 0 Å². The molecule has 0 aliphatic heterocycles. The molecule has 0 heterocycles. The Kier molecular flexibility index (Phi) is 4.99. The van der Waals surface area contributed by atoms with Crippen LogP contribution in [0.4, 0.5) is 0 Å². The van der Waals surface area contributed by atoms with E-state index in [9.17, 15) is 19.8 Å². The van der Waals surface area contributed by atoms with Crippen molar-refractivity contribution in [3.63, 3.8) is 0 Å². The number of carboxylic acid groups (broad SMARTS) is 2. The van der Waals surface area contributed by atoms with Gasteiger partial charge in [0.05, 0.1) is 10.8 Å². The largest absolute Gasteiger partial charge is 0.481 e. The van der Waals surface area contributed by atoms with E-state index in [0.29, 0.717) is 38.5 Å². The smallest absolute Gasteiger partial charge is 0.310 e. The van der Waals surface area contributed by atoms with E-state index in [1.165, 1.54) is 0 Å². The van der Waals surface area contributed by atoms with Gasteiger partial charge in [-0.2, -0.15) is 0 Å². The molecule has 1 saturated carbocycles. The normalized spacial score (nSPS) is 35.0. The monoisotopic (exact) mass is 270 g/mol. The summed E-state index contributed by atoms with van der Waals surface area (Å²) in [5, 5.41) is 19.5. The highest BCUT2D eigenvalue weighted by Gasteiger charge is 2.62. The van der Waals surface area contributed by atoms with Gasteiger partial charge in [0.1, 0.15) is 0 Å². The van der Waals surface area contributed by atoms with E-state index in [2.05, 4.69) is 0 Å². The second-order valence-corrected chi connectivity index (χ2v) is 6.12. The zero-order valence-electron chi connectivity index (χ0n) is 12.2. The third kappa shape index (κ3) is 2.49. The summed E-state index contributed by atoms with van der Waals surface area (Å²) >= 11 is 0. The molecule has 3 unspecified atom stereocenters. The van der Waals surface area contributed by atoms with Gasteiger partial charge in [0.2, 0.25) is 0 Å². The Balaban J connectivity index is 3.35. The van der Waals surface area contributed by atoms with E-state index >= 15 is 0 Å². The molecule has 3 atom stereocenters. The number of carboxylic acids is 2. The molecule has 4 nitrogen and oxygen atoms in total. The van der Waals surface area contributed by atoms with Gasteiger partial charge in [0.15, 0.2) is 0 Å². The van der Waals surface area contributed by atoms with Gasteiger partial charge in [-0.05, 0) is 38.0 Å². The Morgan fingerprint density at radius 2 is 1.53 bits per heavy atom. The summed E-state index contributed by atoms with van der Waals surface area (Å²) in [6, 6.07) is 0. The highest BCUT2D eigenvalue weighted by Crippen LogP contribution is 2.57. The van der Waals surface area contributed by atoms with Crippen LogP contribution in [0, 0.1) is 16.7 Å². The molecular formula is C15H26O4. The molecule has 1 fully saturated rings. The van der Waals surface area contributed by atoms with Crippen LogP contribution in [0.1, 0.15) is 65.7 Å². The van der Waals surface area contributed by atoms with Crippen LogP contribution >= 0.6 is 0 Å². The number of aliphatic carboxylic acids is 2. The summed E-state index contributed by atoms with van der Waals surface area (Å²) in [5.41, 5.74) is -2.18. The van der Waals surface area contributed by atoms with Crippen LogP contribution in [0.3, 0.4) is 0 Å². The number of rotatable bonds is 6. The van der Waals surface area contributed by atoms with Gasteiger partial charge in [-0.3, -0.25) is 9.59 Å². The van der Waals surface area contributed by atoms with Crippen molar-refractivity contribution in [2.24, 2.45) is 16.7 Å². The molecule has 4 heteroatoms. The van der Waals surface area contributed by atoms with Crippen LogP contribution in [-0.2, 0) is 9.59 Å². The predicted molar refractivity (Wildman–Crippen MR) is 73.0 cm³/mol. The zero-order chi connectivity index (χ0) is 14.7. The summed E-state index contributed by atoms with van der Waals surface area (Å²) in [7, 11) is 0. The first-order valence-electron chi connectivity index (χ1n) is 7.33. The Hall–Kier alpha value is -1.06. The highest BCUT2D eigenvalue weighted by molar-refractivity contribution is 5.87. The molecule has 0 radical (unpaired) electrons. The molecule has 1 rings (SSSR count). The van der Waals surface area contributed by atoms with Gasteiger partial charge in [-0.1, -0.05) is 33.6 Å². The second-order valence-electron chi connectivity index (χ2n) is 6.12. The predicted octanol–water partition coefficient (Wildman–Crippen LogP) is 3.55. The number of carbonyl (C=O) groups is 2. The molecule has 2 N–H and O–H groups in total. The van der Waals surface area contributed by atoms with Gasteiger partial charge in [-0.25, -0.2) is 0 Å². The van der Waals surface area contributed by atoms with E-state index in [1.807, 2.05) is 20.8 Å². The number of hydrogen-bond donors (Lipinski definition) is 2. The quantitative estimate of drug-likeness (QED) is 0.774. The Morgan fingerprint density at radius 3 is 1.95 bits per heavy atom. The molecule has 0 aromatic heterocycles. The third-order valence-corrected chi connectivity index (χ3v) is 4.85. The molecule has 0 aromatic carbocycles. The van der Waals surface area contributed by atoms with Gasteiger partial charge < -0.3 is 10.2 Å². The first kappa shape index (κ1) is 16.0. The van der Waals surface area contributed by atoms with E-state index in [1.54, 1.807) is 0 Å². The molecular weight excluding hydrogens is 244 g/mol. The average molecular weight is 270 g/mol. The van der Waals surface area contributed by atoms with E-state index in [0.717, 1.165) is 6.42 Å². The topological polar surface area (TPSA) is 74.6 Å². The zero-order valence-corrected chi connectivity index (χ0v) is 12.2. The fourth-order valence-electron chi connectivity index (χ4n) is 4.00. The maximum atomic E-state index is 11.9. The van der Waals surface area contributed by atoms with E-state index in [4.69, 9.17) is 0 Å². The third-order valence-electron chi connectivity index (χ3n) is 4.85. The number of hydrogen-bond acceptors (Lipinski definition) is 2. The highest BCUT2D eigenvalue weighted by atomic mass is 16.4. The lowest BCUT2D eigenvalue weighted by Gasteiger charge is -2.50. The summed E-state index contributed by atoms with van der Waals surface area (Å²) in [6.45, 7) is 5.90. The van der Waals surface area contributed by atoms with E-state index in [-0.39, 0.29) is 5.92 Å². The molecule has 1 aliphatic carbocycles. The minimum Gasteiger partial charge on any atom is -0.481 e. The standard InChI is InChI=1S/C15H26O4/c1-4-7-14(12(16)17)9-6-11(3)10-15(14,8-5-2)13(18)19/h11H,4-10H2,1-3H3,(H,16,17)(H,18,19). The lowest BCUT2D eigenvalue weighted by molar-refractivity contribution is -0.184. The van der Waals surface area contributed by atoms with Crippen molar-refractivity contribution in [3.05, 3.63) is 0 Å². The van der Waals surface area contributed by atoms with E-state index < -0.39 is 22.8 Å².